The Labute approximate surface area is 88.0 Å². The summed E-state index contributed by atoms with van der Waals surface area (Å²) in [5, 5.41) is 0. The Morgan fingerprint density at radius 2 is 1.71 bits per heavy atom. The first-order valence-electron chi connectivity index (χ1n) is 6.13. The minimum atomic E-state index is 0.653. The molecule has 2 heterocycles. The summed E-state index contributed by atoms with van der Waals surface area (Å²) in [7, 11) is 0. The van der Waals surface area contributed by atoms with Gasteiger partial charge in [0.2, 0.25) is 0 Å². The lowest BCUT2D eigenvalue weighted by Crippen LogP contribution is -1.89. The Morgan fingerprint density at radius 3 is 2.21 bits per heavy atom. The summed E-state index contributed by atoms with van der Waals surface area (Å²) in [6.45, 7) is 5.24. The summed E-state index contributed by atoms with van der Waals surface area (Å²) in [5.74, 6) is 0. The van der Waals surface area contributed by atoms with Crippen molar-refractivity contribution in [3.05, 3.63) is 0 Å². The molecule has 2 saturated heterocycles. The van der Waals surface area contributed by atoms with Gasteiger partial charge >= 0.3 is 0 Å². The third-order valence-electron chi connectivity index (χ3n) is 2.61. The average molecular weight is 200 g/mol. The van der Waals surface area contributed by atoms with Gasteiger partial charge in [0.15, 0.2) is 0 Å². The van der Waals surface area contributed by atoms with Crippen LogP contribution in [0.25, 0.3) is 0 Å². The highest BCUT2D eigenvalue weighted by Crippen LogP contribution is 2.15. The fourth-order valence-electron chi connectivity index (χ4n) is 1.53. The van der Waals surface area contributed by atoms with Gasteiger partial charge in [-0.3, -0.25) is 0 Å². The molecule has 2 rings (SSSR count). The second-order valence-electron chi connectivity index (χ2n) is 4.12. The number of hydrogen-bond donors (Lipinski definition) is 0. The van der Waals surface area contributed by atoms with Crippen molar-refractivity contribution in [3.63, 3.8) is 0 Å². The van der Waals surface area contributed by atoms with Crippen molar-refractivity contribution < 1.29 is 9.47 Å². The van der Waals surface area contributed by atoms with E-state index < -0.39 is 0 Å². The fourth-order valence-corrected chi connectivity index (χ4v) is 1.53. The molecule has 2 heteroatoms. The molecule has 0 aromatic carbocycles. The summed E-state index contributed by atoms with van der Waals surface area (Å²) in [5.41, 5.74) is 0. The van der Waals surface area contributed by atoms with Crippen LogP contribution in [0.5, 0.6) is 0 Å². The van der Waals surface area contributed by atoms with Crippen LogP contribution in [0.1, 0.15) is 51.9 Å². The van der Waals surface area contributed by atoms with Crippen molar-refractivity contribution in [3.8, 4) is 0 Å². The maximum absolute atomic E-state index is 5.19. The zero-order chi connectivity index (χ0) is 10.1. The topological polar surface area (TPSA) is 21.8 Å². The van der Waals surface area contributed by atoms with Gasteiger partial charge in [0.05, 0.1) is 12.7 Å². The maximum Gasteiger partial charge on any atom is 0.0810 e. The zero-order valence-corrected chi connectivity index (χ0v) is 9.46. The Kier molecular flexibility index (Phi) is 7.06. The van der Waals surface area contributed by atoms with E-state index in [9.17, 15) is 0 Å². The molecule has 2 aliphatic rings. The predicted molar refractivity (Wildman–Crippen MR) is 58.6 cm³/mol. The van der Waals surface area contributed by atoms with E-state index in [4.69, 9.17) is 9.47 Å². The first-order chi connectivity index (χ1) is 6.93. The summed E-state index contributed by atoms with van der Waals surface area (Å²) in [6.07, 6.45) is 9.89. The van der Waals surface area contributed by atoms with E-state index in [1.54, 1.807) is 0 Å². The maximum atomic E-state index is 5.19. The van der Waals surface area contributed by atoms with Crippen LogP contribution in [0, 0.1) is 0 Å². The summed E-state index contributed by atoms with van der Waals surface area (Å²) in [4.78, 5) is 0. The van der Waals surface area contributed by atoms with Crippen LogP contribution in [0.2, 0.25) is 0 Å². The summed E-state index contributed by atoms with van der Waals surface area (Å²) < 4.78 is 10.2. The molecule has 0 saturated carbocycles. The van der Waals surface area contributed by atoms with Crippen molar-refractivity contribution >= 4 is 0 Å². The van der Waals surface area contributed by atoms with E-state index in [1.807, 2.05) is 0 Å². The molecule has 0 spiro atoms. The second kappa shape index (κ2) is 8.25. The smallest absolute Gasteiger partial charge is 0.0810 e. The standard InChI is InChI=1S/2C6H12O/c1-2-3-4-6-5-7-6;1-2-4-6-7-5-3-1/h6H,2-5H2,1H3;1-6H2. The minimum absolute atomic E-state index is 0.653. The Morgan fingerprint density at radius 1 is 1.07 bits per heavy atom. The minimum Gasteiger partial charge on any atom is -0.381 e. The number of ether oxygens (including phenoxy) is 2. The highest BCUT2D eigenvalue weighted by Gasteiger charge is 2.20. The largest absolute Gasteiger partial charge is 0.381 e. The van der Waals surface area contributed by atoms with E-state index in [0.717, 1.165) is 19.8 Å². The Bertz CT molecular complexity index is 102. The molecule has 0 radical (unpaired) electrons. The average Bonchev–Trinajstić information content (AvgIpc) is 3.04. The second-order valence-corrected chi connectivity index (χ2v) is 4.12. The van der Waals surface area contributed by atoms with Crippen LogP contribution >= 0.6 is 0 Å². The molecule has 1 unspecified atom stereocenters. The molecule has 0 N–H and O–H groups in total. The van der Waals surface area contributed by atoms with Gasteiger partial charge in [-0.1, -0.05) is 32.6 Å². The molecule has 14 heavy (non-hydrogen) atoms. The van der Waals surface area contributed by atoms with Gasteiger partial charge in [-0.2, -0.15) is 0 Å². The lowest BCUT2D eigenvalue weighted by molar-refractivity contribution is 0.144. The van der Waals surface area contributed by atoms with Crippen molar-refractivity contribution in [1.82, 2.24) is 0 Å². The molecule has 2 nitrogen and oxygen atoms in total. The van der Waals surface area contributed by atoms with E-state index in [1.165, 1.54) is 44.9 Å². The van der Waals surface area contributed by atoms with E-state index in [0.29, 0.717) is 6.10 Å². The summed E-state index contributed by atoms with van der Waals surface area (Å²) in [6, 6.07) is 0. The highest BCUT2D eigenvalue weighted by molar-refractivity contribution is 4.67. The third-order valence-corrected chi connectivity index (χ3v) is 2.61. The van der Waals surface area contributed by atoms with Crippen molar-refractivity contribution in [2.45, 2.75) is 58.0 Å². The van der Waals surface area contributed by atoms with Crippen LogP contribution < -0.4 is 0 Å². The van der Waals surface area contributed by atoms with E-state index in [2.05, 4.69) is 6.92 Å². The monoisotopic (exact) mass is 200 g/mol. The molecule has 0 aromatic heterocycles. The lowest BCUT2D eigenvalue weighted by atomic mass is 10.2. The molecule has 0 aliphatic carbocycles. The molecule has 2 fully saturated rings. The van der Waals surface area contributed by atoms with E-state index >= 15 is 0 Å². The molecule has 0 aromatic rings. The molecular formula is C12H24O2. The zero-order valence-electron chi connectivity index (χ0n) is 9.46. The van der Waals surface area contributed by atoms with Gasteiger partial charge in [0, 0.05) is 13.2 Å². The molecular weight excluding hydrogens is 176 g/mol. The van der Waals surface area contributed by atoms with Crippen LogP contribution in [-0.2, 0) is 9.47 Å². The van der Waals surface area contributed by atoms with Gasteiger partial charge in [0.1, 0.15) is 0 Å². The van der Waals surface area contributed by atoms with Crippen LogP contribution in [0.15, 0.2) is 0 Å². The van der Waals surface area contributed by atoms with Gasteiger partial charge in [-0.15, -0.1) is 0 Å². The van der Waals surface area contributed by atoms with Gasteiger partial charge in [-0.05, 0) is 19.3 Å². The van der Waals surface area contributed by atoms with Gasteiger partial charge < -0.3 is 9.47 Å². The molecule has 84 valence electrons. The number of rotatable bonds is 3. The first-order valence-corrected chi connectivity index (χ1v) is 6.13. The van der Waals surface area contributed by atoms with Crippen molar-refractivity contribution in [2.75, 3.05) is 19.8 Å². The molecule has 2 aliphatic heterocycles. The SMILES string of the molecule is C1CCCOCC1.CCCCC1CO1. The fraction of sp³-hybridized carbons (Fsp3) is 1.00. The normalized spacial score (nSPS) is 25.9. The number of hydrogen-bond acceptors (Lipinski definition) is 2. The Balaban J connectivity index is 0.000000140. The third kappa shape index (κ3) is 7.34. The predicted octanol–water partition coefficient (Wildman–Crippen LogP) is 3.15. The van der Waals surface area contributed by atoms with E-state index in [-0.39, 0.29) is 0 Å². The lowest BCUT2D eigenvalue weighted by Gasteiger charge is -1.91. The van der Waals surface area contributed by atoms with Crippen LogP contribution in [-0.4, -0.2) is 25.9 Å². The molecule has 1 atom stereocenters. The first kappa shape index (κ1) is 12.0. The van der Waals surface area contributed by atoms with Crippen LogP contribution in [0.4, 0.5) is 0 Å². The van der Waals surface area contributed by atoms with Gasteiger partial charge in [0.25, 0.3) is 0 Å². The van der Waals surface area contributed by atoms with Gasteiger partial charge in [-0.25, -0.2) is 0 Å². The van der Waals surface area contributed by atoms with Crippen LogP contribution in [0.3, 0.4) is 0 Å². The quantitative estimate of drug-likeness (QED) is 0.653. The summed E-state index contributed by atoms with van der Waals surface area (Å²) >= 11 is 0. The van der Waals surface area contributed by atoms with Crippen molar-refractivity contribution in [1.29, 1.82) is 0 Å². The Hall–Kier alpha value is -0.0800. The number of unbranched alkanes of at least 4 members (excludes halogenated alkanes) is 1. The number of epoxide rings is 1. The molecule has 0 amide bonds. The molecule has 0 bridgehead atoms. The van der Waals surface area contributed by atoms with Crippen molar-refractivity contribution in [2.24, 2.45) is 0 Å². The highest BCUT2D eigenvalue weighted by atomic mass is 16.6.